The zero-order chi connectivity index (χ0) is 28.5. The summed E-state index contributed by atoms with van der Waals surface area (Å²) in [6.45, 7) is 1.000. The number of benzene rings is 1. The highest BCUT2D eigenvalue weighted by molar-refractivity contribution is 7.70. The highest BCUT2D eigenvalue weighted by atomic mass is 35.5. The van der Waals surface area contributed by atoms with Gasteiger partial charge in [0.2, 0.25) is 0 Å². The van der Waals surface area contributed by atoms with Gasteiger partial charge in [-0.3, -0.25) is 9.13 Å². The summed E-state index contributed by atoms with van der Waals surface area (Å²) in [7, 11) is -9.64. The first-order valence-corrected chi connectivity index (χ1v) is 15.2. The standard InChI is InChI=1S/C20H23ClFN7O8P2/c1-10(11-4-2-3-5-13(11)22)25-14-6-16(21)26-19-12(14)7-24-29(19)20-18(30)17(27-28-23)15(37-20)8-36-39(34,35)9-38(31,32)33/h2-7,10,15,17-18,20,30H,8-9H2,1H3,(H,25,26)(H,34,35)(H2,31,32,33)/t10?,15-,17-,18-,20?/m1/s1. The molecule has 3 unspecified atom stereocenters. The maximum atomic E-state index is 14.3. The van der Waals surface area contributed by atoms with Crippen molar-refractivity contribution in [2.75, 3.05) is 17.8 Å². The highest BCUT2D eigenvalue weighted by Crippen LogP contribution is 2.55. The Balaban J connectivity index is 1.61. The molecule has 1 saturated heterocycles. The molecule has 0 aliphatic carbocycles. The molecule has 1 fully saturated rings. The molecule has 1 aliphatic heterocycles. The molecule has 3 aromatic rings. The lowest BCUT2D eigenvalue weighted by atomic mass is 10.1. The van der Waals surface area contributed by atoms with Gasteiger partial charge in [0.1, 0.15) is 17.1 Å². The summed E-state index contributed by atoms with van der Waals surface area (Å²) >= 11 is 6.24. The summed E-state index contributed by atoms with van der Waals surface area (Å²) in [5.41, 5.74) is 9.95. The van der Waals surface area contributed by atoms with Crippen LogP contribution in [0.15, 0.2) is 41.6 Å². The topological polar surface area (TPSA) is 225 Å². The number of halogens is 2. The lowest BCUT2D eigenvalue weighted by Gasteiger charge is -2.19. The van der Waals surface area contributed by atoms with E-state index in [-0.39, 0.29) is 10.8 Å². The van der Waals surface area contributed by atoms with E-state index in [2.05, 4.69) is 25.4 Å². The predicted octanol–water partition coefficient (Wildman–Crippen LogP) is 3.67. The van der Waals surface area contributed by atoms with Gasteiger partial charge in [-0.15, -0.1) is 0 Å². The summed E-state index contributed by atoms with van der Waals surface area (Å²) in [6.07, 6.45) is -2.75. The number of aliphatic hydroxyl groups is 1. The molecule has 5 N–H and O–H groups in total. The first kappa shape index (κ1) is 29.4. The Morgan fingerprint density at radius 3 is 2.74 bits per heavy atom. The van der Waals surface area contributed by atoms with E-state index in [1.54, 1.807) is 25.1 Å². The van der Waals surface area contributed by atoms with E-state index >= 15 is 0 Å². The molecule has 0 spiro atoms. The molecule has 6 atom stereocenters. The minimum atomic E-state index is -4.88. The number of pyridine rings is 1. The molecule has 2 aromatic heterocycles. The van der Waals surface area contributed by atoms with Gasteiger partial charge < -0.3 is 34.4 Å². The predicted molar refractivity (Wildman–Crippen MR) is 137 cm³/mol. The third-order valence-corrected chi connectivity index (χ3v) is 9.50. The van der Waals surface area contributed by atoms with Crippen LogP contribution in [0.4, 0.5) is 10.1 Å². The fourth-order valence-corrected chi connectivity index (χ4v) is 6.92. The van der Waals surface area contributed by atoms with Crippen LogP contribution in [0, 0.1) is 5.82 Å². The SMILES string of the molecule is CC(Nc1cc(Cl)nc2c1cnn2C1O[C@H](COP(=O)(O)CP(=O)(O)O)[C@@H](N=[N+]=[N-])[C@H]1O)c1ccccc1F. The summed E-state index contributed by atoms with van der Waals surface area (Å²) in [5, 5.41) is 22.2. The van der Waals surface area contributed by atoms with Gasteiger partial charge >= 0.3 is 15.2 Å². The maximum Gasteiger partial charge on any atom is 0.340 e. The number of aromatic nitrogens is 3. The zero-order valence-corrected chi connectivity index (χ0v) is 22.6. The first-order valence-electron chi connectivity index (χ1n) is 11.2. The molecule has 0 amide bonds. The molecule has 4 rings (SSSR count). The summed E-state index contributed by atoms with van der Waals surface area (Å²) in [4.78, 5) is 34.6. The molecular weight excluding hydrogens is 583 g/mol. The fraction of sp³-hybridized carbons (Fsp3) is 0.400. The van der Waals surface area contributed by atoms with Crippen LogP contribution in [0.5, 0.6) is 0 Å². The van der Waals surface area contributed by atoms with Crippen molar-refractivity contribution >= 4 is 43.5 Å². The van der Waals surface area contributed by atoms with Crippen LogP contribution in [0.1, 0.15) is 24.8 Å². The molecule has 3 heterocycles. The molecule has 210 valence electrons. The van der Waals surface area contributed by atoms with Gasteiger partial charge in [0.05, 0.1) is 42.1 Å². The van der Waals surface area contributed by atoms with Crippen molar-refractivity contribution in [2.24, 2.45) is 5.11 Å². The molecule has 39 heavy (non-hydrogen) atoms. The lowest BCUT2D eigenvalue weighted by Crippen LogP contribution is -2.32. The second kappa shape index (κ2) is 11.5. The Labute approximate surface area is 224 Å². The summed E-state index contributed by atoms with van der Waals surface area (Å²) in [6, 6.07) is 5.94. The molecule has 1 aliphatic rings. The van der Waals surface area contributed by atoms with E-state index in [1.165, 1.54) is 23.0 Å². The van der Waals surface area contributed by atoms with Crippen molar-refractivity contribution in [3.05, 3.63) is 63.5 Å². The number of fused-ring (bicyclic) bond motifs is 1. The monoisotopic (exact) mass is 605 g/mol. The Kier molecular flexibility index (Phi) is 8.64. The smallest absolute Gasteiger partial charge is 0.340 e. The van der Waals surface area contributed by atoms with Gasteiger partial charge in [-0.2, -0.15) is 5.10 Å². The van der Waals surface area contributed by atoms with Crippen LogP contribution in [0.2, 0.25) is 5.15 Å². The van der Waals surface area contributed by atoms with Crippen molar-refractivity contribution in [3.63, 3.8) is 0 Å². The van der Waals surface area contributed by atoms with Crippen molar-refractivity contribution in [3.8, 4) is 0 Å². The van der Waals surface area contributed by atoms with Crippen molar-refractivity contribution in [1.82, 2.24) is 14.8 Å². The minimum Gasteiger partial charge on any atom is -0.388 e. The third-order valence-electron chi connectivity index (χ3n) is 5.85. The number of anilines is 1. The number of azide groups is 1. The summed E-state index contributed by atoms with van der Waals surface area (Å²) < 4.78 is 49.1. The van der Waals surface area contributed by atoms with Crippen LogP contribution in [0.25, 0.3) is 21.5 Å². The highest BCUT2D eigenvalue weighted by Gasteiger charge is 2.46. The van der Waals surface area contributed by atoms with E-state index in [9.17, 15) is 23.5 Å². The van der Waals surface area contributed by atoms with Crippen LogP contribution in [0.3, 0.4) is 0 Å². The second-order valence-electron chi connectivity index (χ2n) is 8.70. The van der Waals surface area contributed by atoms with Crippen LogP contribution < -0.4 is 5.32 Å². The third kappa shape index (κ3) is 6.76. The number of hydrogen-bond acceptors (Lipinski definition) is 9. The van der Waals surface area contributed by atoms with Crippen LogP contribution in [-0.4, -0.2) is 65.3 Å². The molecule has 15 nitrogen and oxygen atoms in total. The van der Waals surface area contributed by atoms with Gasteiger partial charge in [-0.25, -0.2) is 14.1 Å². The molecule has 19 heteroatoms. The number of nitrogens with zero attached hydrogens (tertiary/aromatic N) is 6. The van der Waals surface area contributed by atoms with Crippen LogP contribution in [-0.2, 0) is 18.4 Å². The number of rotatable bonds is 10. The van der Waals surface area contributed by atoms with Gasteiger partial charge in [-0.1, -0.05) is 34.9 Å². The van der Waals surface area contributed by atoms with E-state index in [4.69, 9.17) is 36.2 Å². The summed E-state index contributed by atoms with van der Waals surface area (Å²) in [5.74, 6) is -1.84. The Morgan fingerprint density at radius 2 is 2.08 bits per heavy atom. The Hall–Kier alpha value is -2.61. The molecule has 0 bridgehead atoms. The second-order valence-corrected chi connectivity index (χ2v) is 13.1. The average molecular weight is 606 g/mol. The Bertz CT molecular complexity index is 1520. The van der Waals surface area contributed by atoms with Crippen molar-refractivity contribution < 1.29 is 42.6 Å². The Morgan fingerprint density at radius 1 is 1.36 bits per heavy atom. The fourth-order valence-electron chi connectivity index (χ4n) is 4.17. The molecule has 1 aromatic carbocycles. The van der Waals surface area contributed by atoms with E-state index in [0.717, 1.165) is 0 Å². The minimum absolute atomic E-state index is 0.0325. The van der Waals surface area contributed by atoms with E-state index < -0.39 is 64.0 Å². The maximum absolute atomic E-state index is 14.3. The number of ether oxygens (including phenoxy) is 1. The van der Waals surface area contributed by atoms with E-state index in [1.807, 2.05) is 0 Å². The van der Waals surface area contributed by atoms with Gasteiger partial charge in [-0.05, 0) is 24.6 Å². The largest absolute Gasteiger partial charge is 0.388 e. The van der Waals surface area contributed by atoms with Crippen molar-refractivity contribution in [1.29, 1.82) is 0 Å². The van der Waals surface area contributed by atoms with E-state index in [0.29, 0.717) is 16.6 Å². The normalized spacial score (nSPS) is 23.8. The molecular formula is C20H23ClFN7O8P2. The lowest BCUT2D eigenvalue weighted by molar-refractivity contribution is -0.0528. The van der Waals surface area contributed by atoms with Crippen molar-refractivity contribution in [2.45, 2.75) is 37.4 Å². The number of hydrogen-bond donors (Lipinski definition) is 5. The molecule has 0 saturated carbocycles. The quantitative estimate of drug-likeness (QED) is 0.0736. The number of nitrogens with one attached hydrogen (secondary N) is 1. The number of aliphatic hydroxyl groups excluding tert-OH is 1. The van der Waals surface area contributed by atoms with Gasteiger partial charge in [0.15, 0.2) is 17.8 Å². The van der Waals surface area contributed by atoms with Gasteiger partial charge in [0.25, 0.3) is 0 Å². The van der Waals surface area contributed by atoms with Gasteiger partial charge in [0, 0.05) is 10.5 Å². The zero-order valence-electron chi connectivity index (χ0n) is 20.0. The average Bonchev–Trinajstić information content (AvgIpc) is 3.38. The first-order chi connectivity index (χ1) is 18.3. The molecule has 0 radical (unpaired) electrons. The van der Waals surface area contributed by atoms with Crippen LogP contribution >= 0.6 is 26.8 Å².